The van der Waals surface area contributed by atoms with Crippen LogP contribution in [-0.4, -0.2) is 13.4 Å². The normalized spacial score (nSPS) is 11.8. The average Bonchev–Trinajstić information content (AvgIpc) is 2.83. The largest absolute Gasteiger partial charge is 0.282 e. The zero-order valence-corrected chi connectivity index (χ0v) is 15.2. The molecule has 0 aliphatic carbocycles. The van der Waals surface area contributed by atoms with E-state index in [1.54, 1.807) is 30.3 Å². The van der Waals surface area contributed by atoms with Crippen molar-refractivity contribution < 1.29 is 8.42 Å². The van der Waals surface area contributed by atoms with Crippen LogP contribution < -0.4 is 4.72 Å². The summed E-state index contributed by atoms with van der Waals surface area (Å²) in [5.41, 5.74) is 1.54. The van der Waals surface area contributed by atoms with Crippen LogP contribution in [0.2, 0.25) is 10.0 Å². The van der Waals surface area contributed by atoms with E-state index in [0.29, 0.717) is 26.8 Å². The van der Waals surface area contributed by atoms with Crippen molar-refractivity contribution in [3.8, 4) is 0 Å². The van der Waals surface area contributed by atoms with Crippen molar-refractivity contribution in [2.24, 2.45) is 0 Å². The van der Waals surface area contributed by atoms with Gasteiger partial charge in [0.25, 0.3) is 0 Å². The molecular weight excluding hydrogens is 375 g/mol. The summed E-state index contributed by atoms with van der Waals surface area (Å²) in [4.78, 5) is 4.33. The second-order valence-corrected chi connectivity index (χ2v) is 8.77. The number of thiazole rings is 1. The summed E-state index contributed by atoms with van der Waals surface area (Å²) < 4.78 is 28.1. The van der Waals surface area contributed by atoms with Crippen molar-refractivity contribution in [2.45, 2.75) is 12.7 Å². The van der Waals surface area contributed by atoms with Crippen LogP contribution in [0.5, 0.6) is 0 Å². The molecule has 23 heavy (non-hydrogen) atoms. The zero-order valence-electron chi connectivity index (χ0n) is 12.0. The van der Waals surface area contributed by atoms with Crippen LogP contribution in [0.25, 0.3) is 10.2 Å². The van der Waals surface area contributed by atoms with Crippen LogP contribution in [0.15, 0.2) is 36.4 Å². The minimum Gasteiger partial charge on any atom is -0.282 e. The van der Waals surface area contributed by atoms with Crippen molar-refractivity contribution in [3.63, 3.8) is 0 Å². The Balaban J connectivity index is 1.89. The molecule has 1 heterocycles. The number of anilines is 1. The Labute approximate surface area is 148 Å². The predicted molar refractivity (Wildman–Crippen MR) is 97.1 cm³/mol. The molecule has 0 radical (unpaired) electrons. The van der Waals surface area contributed by atoms with Crippen LogP contribution in [0.3, 0.4) is 0 Å². The van der Waals surface area contributed by atoms with Gasteiger partial charge in [0.1, 0.15) is 5.52 Å². The maximum Gasteiger partial charge on any atom is 0.236 e. The van der Waals surface area contributed by atoms with Crippen molar-refractivity contribution in [3.05, 3.63) is 57.0 Å². The van der Waals surface area contributed by atoms with E-state index < -0.39 is 10.0 Å². The summed E-state index contributed by atoms with van der Waals surface area (Å²) in [5, 5.41) is 1.68. The van der Waals surface area contributed by atoms with E-state index in [0.717, 1.165) is 9.71 Å². The highest BCUT2D eigenvalue weighted by Crippen LogP contribution is 2.34. The Morgan fingerprint density at radius 2 is 2.00 bits per heavy atom. The maximum atomic E-state index is 12.3. The highest BCUT2D eigenvalue weighted by atomic mass is 35.5. The maximum absolute atomic E-state index is 12.3. The molecule has 4 nitrogen and oxygen atoms in total. The lowest BCUT2D eigenvalue weighted by molar-refractivity contribution is 0.600. The average molecular weight is 387 g/mol. The molecule has 0 fully saturated rings. The van der Waals surface area contributed by atoms with Crippen molar-refractivity contribution in [1.29, 1.82) is 0 Å². The lowest BCUT2D eigenvalue weighted by Gasteiger charge is -2.10. The van der Waals surface area contributed by atoms with Crippen LogP contribution >= 0.6 is 34.5 Å². The fraction of sp³-hybridized carbons (Fsp3) is 0.133. The third kappa shape index (κ3) is 3.77. The summed E-state index contributed by atoms with van der Waals surface area (Å²) in [6, 6.07) is 10.2. The van der Waals surface area contributed by atoms with E-state index in [4.69, 9.17) is 23.2 Å². The molecule has 1 aromatic heterocycles. The summed E-state index contributed by atoms with van der Waals surface area (Å²) in [6.45, 7) is 1.88. The Morgan fingerprint density at radius 1 is 1.22 bits per heavy atom. The number of hydrogen-bond donors (Lipinski definition) is 1. The van der Waals surface area contributed by atoms with Gasteiger partial charge in [-0.1, -0.05) is 35.3 Å². The number of sulfonamides is 1. The molecule has 2 aromatic carbocycles. The Morgan fingerprint density at radius 3 is 2.74 bits per heavy atom. The molecule has 0 bridgehead atoms. The minimum atomic E-state index is -3.61. The van der Waals surface area contributed by atoms with E-state index >= 15 is 0 Å². The third-order valence-electron chi connectivity index (χ3n) is 3.12. The first-order chi connectivity index (χ1) is 10.8. The number of nitrogens with zero attached hydrogens (tertiary/aromatic N) is 1. The molecule has 0 unspecified atom stereocenters. The summed E-state index contributed by atoms with van der Waals surface area (Å²) >= 11 is 13.7. The zero-order chi connectivity index (χ0) is 16.6. The number of hydrogen-bond acceptors (Lipinski definition) is 4. The van der Waals surface area contributed by atoms with Gasteiger partial charge < -0.3 is 0 Å². The van der Waals surface area contributed by atoms with E-state index in [1.165, 1.54) is 11.3 Å². The molecule has 120 valence electrons. The molecule has 0 aliphatic heterocycles. The minimum absolute atomic E-state index is 0.183. The molecular formula is C15H12Cl2N2O2S2. The van der Waals surface area contributed by atoms with E-state index in [-0.39, 0.29) is 5.75 Å². The number of rotatable bonds is 4. The Hall–Kier alpha value is -1.34. The van der Waals surface area contributed by atoms with E-state index in [1.807, 2.05) is 13.0 Å². The first kappa shape index (κ1) is 16.5. The van der Waals surface area contributed by atoms with Gasteiger partial charge in [-0.25, -0.2) is 13.4 Å². The van der Waals surface area contributed by atoms with Gasteiger partial charge in [-0.3, -0.25) is 4.72 Å². The number of halogens is 2. The van der Waals surface area contributed by atoms with Crippen molar-refractivity contribution in [2.75, 3.05) is 4.72 Å². The molecule has 0 saturated carbocycles. The molecule has 3 rings (SSSR count). The molecule has 0 spiro atoms. The molecule has 0 atom stereocenters. The number of aromatic nitrogens is 1. The molecule has 3 aromatic rings. The summed E-state index contributed by atoms with van der Waals surface area (Å²) in [7, 11) is -3.61. The quantitative estimate of drug-likeness (QED) is 0.696. The van der Waals surface area contributed by atoms with Gasteiger partial charge in [0.2, 0.25) is 10.0 Å². The van der Waals surface area contributed by atoms with Crippen LogP contribution in [-0.2, 0) is 15.8 Å². The highest BCUT2D eigenvalue weighted by Gasteiger charge is 2.16. The van der Waals surface area contributed by atoms with Crippen molar-refractivity contribution in [1.82, 2.24) is 4.98 Å². The lowest BCUT2D eigenvalue weighted by atomic mass is 10.2. The monoisotopic (exact) mass is 386 g/mol. The number of fused-ring (bicyclic) bond motifs is 1. The number of benzene rings is 2. The molecule has 1 N–H and O–H groups in total. The Bertz CT molecular complexity index is 984. The third-order valence-corrected chi connectivity index (χ3v) is 5.92. The molecule has 8 heteroatoms. The van der Waals surface area contributed by atoms with Gasteiger partial charge in [0, 0.05) is 5.02 Å². The first-order valence-electron chi connectivity index (χ1n) is 6.65. The van der Waals surface area contributed by atoms with Crippen LogP contribution in [0, 0.1) is 6.92 Å². The van der Waals surface area contributed by atoms with E-state index in [2.05, 4.69) is 9.71 Å². The topological polar surface area (TPSA) is 59.1 Å². The SMILES string of the molecule is Cc1nc2c(Cl)c(NS(=O)(=O)Cc3cccc(Cl)c3)ccc2s1. The van der Waals surface area contributed by atoms with E-state index in [9.17, 15) is 8.42 Å². The van der Waals surface area contributed by atoms with Crippen molar-refractivity contribution >= 4 is 60.5 Å². The summed E-state index contributed by atoms with van der Waals surface area (Å²) in [6.07, 6.45) is 0. The fourth-order valence-electron chi connectivity index (χ4n) is 2.20. The van der Waals surface area contributed by atoms with Gasteiger partial charge in [-0.05, 0) is 36.8 Å². The highest BCUT2D eigenvalue weighted by molar-refractivity contribution is 7.91. The van der Waals surface area contributed by atoms with Gasteiger partial charge >= 0.3 is 0 Å². The summed E-state index contributed by atoms with van der Waals surface area (Å²) in [5.74, 6) is -0.183. The van der Waals surface area contributed by atoms with Crippen LogP contribution in [0.1, 0.15) is 10.6 Å². The molecule has 0 amide bonds. The second kappa shape index (κ2) is 6.28. The second-order valence-electron chi connectivity index (χ2n) is 5.00. The Kier molecular flexibility index (Phi) is 4.51. The molecule has 0 aliphatic rings. The van der Waals surface area contributed by atoms with Gasteiger partial charge in [-0.2, -0.15) is 0 Å². The molecule has 0 saturated heterocycles. The smallest absolute Gasteiger partial charge is 0.236 e. The fourth-order valence-corrected chi connectivity index (χ4v) is 4.81. The number of nitrogens with one attached hydrogen (secondary N) is 1. The number of aryl methyl sites for hydroxylation is 1. The lowest BCUT2D eigenvalue weighted by Crippen LogP contribution is -2.15. The first-order valence-corrected chi connectivity index (χ1v) is 9.87. The van der Waals surface area contributed by atoms with Gasteiger partial charge in [0.15, 0.2) is 0 Å². The van der Waals surface area contributed by atoms with Gasteiger partial charge in [0.05, 0.1) is 26.2 Å². The standard InChI is InChI=1S/C15H12Cl2N2O2S2/c1-9-18-15-13(22-9)6-5-12(14(15)17)19-23(20,21)8-10-3-2-4-11(16)7-10/h2-7,19H,8H2,1H3. The van der Waals surface area contributed by atoms with Gasteiger partial charge in [-0.15, -0.1) is 11.3 Å². The predicted octanol–water partition coefficient (Wildman–Crippen LogP) is 4.85. The van der Waals surface area contributed by atoms with Crippen LogP contribution in [0.4, 0.5) is 5.69 Å².